The molecule has 1 aliphatic heterocycles. The molecule has 1 saturated heterocycles. The summed E-state index contributed by atoms with van der Waals surface area (Å²) in [6, 6.07) is 18.1. The van der Waals surface area contributed by atoms with Crippen molar-refractivity contribution < 1.29 is 14.1 Å². The number of para-hydroxylation sites is 1. The number of nitrogens with one attached hydrogen (secondary N) is 1. The maximum absolute atomic E-state index is 14.0. The predicted molar refractivity (Wildman–Crippen MR) is 141 cm³/mol. The molecule has 37 heavy (non-hydrogen) atoms. The van der Waals surface area contributed by atoms with Crippen molar-refractivity contribution >= 4 is 22.5 Å². The molecular formula is C29H32N4O4. The summed E-state index contributed by atoms with van der Waals surface area (Å²) in [6.07, 6.45) is 2.66. The van der Waals surface area contributed by atoms with E-state index >= 15 is 0 Å². The number of benzene rings is 2. The monoisotopic (exact) mass is 500 g/mol. The normalized spacial score (nSPS) is 24.8. The number of carbonyl (C=O) groups is 1. The highest BCUT2D eigenvalue weighted by Gasteiger charge is 2.59. The van der Waals surface area contributed by atoms with Gasteiger partial charge in [-0.05, 0) is 80.8 Å². The molecule has 0 bridgehead atoms. The molecule has 6 rings (SSSR count). The van der Waals surface area contributed by atoms with Crippen molar-refractivity contribution in [2.45, 2.75) is 57.1 Å². The Morgan fingerprint density at radius 2 is 1.89 bits per heavy atom. The highest BCUT2D eigenvalue weighted by atomic mass is 16.5. The molecule has 2 aromatic carbocycles. The van der Waals surface area contributed by atoms with Crippen molar-refractivity contribution in [3.63, 3.8) is 0 Å². The Kier molecular flexibility index (Phi) is 5.42. The molecule has 4 aromatic rings. The molecule has 0 spiro atoms. The standard InChI is InChI=1S/C29H32N4O4/c1-18-16-29(18,26-30-27(35)37-31-26)33-23-11-10-19(20-12-13-36-28(2,3)17-20)14-21(23)15-24(33)25(34)32(4)22-8-6-5-7-9-22/h5-11,14-15,18,20H,12-13,16-17H2,1-4H3,(H,30,31,35). The van der Waals surface area contributed by atoms with Crippen molar-refractivity contribution in [3.05, 3.63) is 82.2 Å². The van der Waals surface area contributed by atoms with Crippen LogP contribution in [0.1, 0.15) is 67.8 Å². The zero-order valence-electron chi connectivity index (χ0n) is 21.7. The van der Waals surface area contributed by atoms with Crippen LogP contribution in [0, 0.1) is 5.92 Å². The second-order valence-corrected chi connectivity index (χ2v) is 11.2. The van der Waals surface area contributed by atoms with Crippen LogP contribution in [-0.2, 0) is 10.3 Å². The Bertz CT molecular complexity index is 1530. The van der Waals surface area contributed by atoms with Gasteiger partial charge < -0.3 is 14.2 Å². The van der Waals surface area contributed by atoms with E-state index in [1.807, 2.05) is 36.4 Å². The molecule has 1 saturated carbocycles. The van der Waals surface area contributed by atoms with E-state index in [0.717, 1.165) is 42.5 Å². The summed E-state index contributed by atoms with van der Waals surface area (Å²) in [5.74, 6) is 0.287. The number of hydrogen-bond acceptors (Lipinski definition) is 5. The Hall–Kier alpha value is -3.65. The number of ether oxygens (including phenoxy) is 1. The number of H-pyrrole nitrogens is 1. The first kappa shape index (κ1) is 23.7. The minimum atomic E-state index is -0.654. The molecule has 3 heterocycles. The molecule has 8 heteroatoms. The molecule has 1 amide bonds. The summed E-state index contributed by atoms with van der Waals surface area (Å²) in [4.78, 5) is 30.3. The van der Waals surface area contributed by atoms with E-state index in [-0.39, 0.29) is 17.4 Å². The van der Waals surface area contributed by atoms with Crippen molar-refractivity contribution in [3.8, 4) is 0 Å². The van der Waals surface area contributed by atoms with Gasteiger partial charge in [-0.1, -0.05) is 36.3 Å². The number of aromatic amines is 1. The molecule has 1 aliphatic carbocycles. The van der Waals surface area contributed by atoms with E-state index in [1.54, 1.807) is 11.9 Å². The molecule has 2 fully saturated rings. The fourth-order valence-electron chi connectivity index (χ4n) is 6.10. The third kappa shape index (κ3) is 3.91. The second-order valence-electron chi connectivity index (χ2n) is 11.2. The molecule has 8 nitrogen and oxygen atoms in total. The van der Waals surface area contributed by atoms with Crippen LogP contribution in [0.4, 0.5) is 5.69 Å². The lowest BCUT2D eigenvalue weighted by atomic mass is 9.83. The number of fused-ring (bicyclic) bond motifs is 1. The molecule has 3 atom stereocenters. The minimum absolute atomic E-state index is 0.125. The highest BCUT2D eigenvalue weighted by molar-refractivity contribution is 6.08. The van der Waals surface area contributed by atoms with Crippen LogP contribution in [-0.4, -0.2) is 39.9 Å². The van der Waals surface area contributed by atoms with E-state index in [1.165, 1.54) is 5.56 Å². The third-order valence-corrected chi connectivity index (χ3v) is 8.18. The highest BCUT2D eigenvalue weighted by Crippen LogP contribution is 2.56. The molecular weight excluding hydrogens is 468 g/mol. The summed E-state index contributed by atoms with van der Waals surface area (Å²) >= 11 is 0. The fourth-order valence-corrected chi connectivity index (χ4v) is 6.10. The molecule has 192 valence electrons. The van der Waals surface area contributed by atoms with Gasteiger partial charge in [0, 0.05) is 30.2 Å². The Morgan fingerprint density at radius 1 is 1.14 bits per heavy atom. The smallest absolute Gasteiger partial charge is 0.376 e. The van der Waals surface area contributed by atoms with E-state index in [0.29, 0.717) is 17.4 Å². The van der Waals surface area contributed by atoms with Crippen LogP contribution in [0.15, 0.2) is 63.9 Å². The lowest BCUT2D eigenvalue weighted by Gasteiger charge is -2.35. The number of carbonyl (C=O) groups excluding carboxylic acids is 1. The van der Waals surface area contributed by atoms with Crippen molar-refractivity contribution in [2.24, 2.45) is 5.92 Å². The van der Waals surface area contributed by atoms with E-state index in [9.17, 15) is 9.59 Å². The van der Waals surface area contributed by atoms with Crippen LogP contribution >= 0.6 is 0 Å². The lowest BCUT2D eigenvalue weighted by Crippen LogP contribution is -2.33. The zero-order chi connectivity index (χ0) is 25.9. The molecule has 3 unspecified atom stereocenters. The maximum atomic E-state index is 14.0. The van der Waals surface area contributed by atoms with Gasteiger partial charge in [0.1, 0.15) is 11.2 Å². The first-order valence-corrected chi connectivity index (χ1v) is 12.9. The summed E-state index contributed by atoms with van der Waals surface area (Å²) < 4.78 is 12.9. The number of nitrogens with zero attached hydrogens (tertiary/aromatic N) is 3. The summed E-state index contributed by atoms with van der Waals surface area (Å²) in [5.41, 5.74) is 2.74. The third-order valence-electron chi connectivity index (χ3n) is 8.18. The topological polar surface area (TPSA) is 93.4 Å². The van der Waals surface area contributed by atoms with Gasteiger partial charge in [-0.25, -0.2) is 4.79 Å². The molecule has 2 aromatic heterocycles. The largest absolute Gasteiger partial charge is 0.438 e. The first-order valence-electron chi connectivity index (χ1n) is 12.9. The van der Waals surface area contributed by atoms with Gasteiger partial charge in [0.05, 0.1) is 5.60 Å². The van der Waals surface area contributed by atoms with Gasteiger partial charge >= 0.3 is 5.76 Å². The number of anilines is 1. The van der Waals surface area contributed by atoms with Crippen LogP contribution in [0.25, 0.3) is 10.9 Å². The van der Waals surface area contributed by atoms with Gasteiger partial charge in [-0.2, -0.15) is 0 Å². The van der Waals surface area contributed by atoms with Gasteiger partial charge in [0.25, 0.3) is 5.91 Å². The quantitative estimate of drug-likeness (QED) is 0.414. The zero-order valence-corrected chi connectivity index (χ0v) is 21.7. The fraction of sp³-hybridized carbons (Fsp3) is 0.414. The number of amides is 1. The summed E-state index contributed by atoms with van der Waals surface area (Å²) in [7, 11) is 1.79. The van der Waals surface area contributed by atoms with E-state index in [2.05, 4.69) is 53.7 Å². The average molecular weight is 501 g/mol. The Balaban J connectivity index is 1.51. The van der Waals surface area contributed by atoms with E-state index < -0.39 is 11.3 Å². The van der Waals surface area contributed by atoms with Crippen molar-refractivity contribution in [1.29, 1.82) is 0 Å². The molecule has 1 N–H and O–H groups in total. The average Bonchev–Trinajstić information content (AvgIpc) is 3.19. The number of aromatic nitrogens is 3. The van der Waals surface area contributed by atoms with Crippen LogP contribution in [0.3, 0.4) is 0 Å². The minimum Gasteiger partial charge on any atom is -0.376 e. The van der Waals surface area contributed by atoms with Crippen LogP contribution in [0.2, 0.25) is 0 Å². The lowest BCUT2D eigenvalue weighted by molar-refractivity contribution is -0.0592. The Morgan fingerprint density at radius 3 is 2.54 bits per heavy atom. The van der Waals surface area contributed by atoms with Crippen molar-refractivity contribution in [1.82, 2.24) is 14.7 Å². The van der Waals surface area contributed by atoms with Gasteiger partial charge in [-0.3, -0.25) is 14.3 Å². The van der Waals surface area contributed by atoms with Crippen LogP contribution in [0.5, 0.6) is 0 Å². The molecule has 2 aliphatic rings. The second kappa shape index (κ2) is 8.45. The van der Waals surface area contributed by atoms with Gasteiger partial charge in [0.15, 0.2) is 5.82 Å². The van der Waals surface area contributed by atoms with E-state index in [4.69, 9.17) is 9.26 Å². The van der Waals surface area contributed by atoms with Crippen LogP contribution < -0.4 is 10.7 Å². The number of rotatable bonds is 5. The SMILES string of the molecule is CC1CC1(c1noc(=O)[nH]1)n1c(C(=O)N(C)c2ccccc2)cc2cc(C3CCOC(C)(C)C3)ccc21. The molecule has 0 radical (unpaired) electrons. The Labute approximate surface area is 215 Å². The summed E-state index contributed by atoms with van der Waals surface area (Å²) in [5, 5.41) is 5.07. The number of hydrogen-bond donors (Lipinski definition) is 1. The summed E-state index contributed by atoms with van der Waals surface area (Å²) in [6.45, 7) is 7.12. The van der Waals surface area contributed by atoms with Crippen molar-refractivity contribution in [2.75, 3.05) is 18.6 Å². The van der Waals surface area contributed by atoms with Gasteiger partial charge in [-0.15, -0.1) is 0 Å². The first-order chi connectivity index (χ1) is 17.7. The predicted octanol–water partition coefficient (Wildman–Crippen LogP) is 5.05. The maximum Gasteiger partial charge on any atom is 0.438 e. The van der Waals surface area contributed by atoms with Gasteiger partial charge in [0.2, 0.25) is 0 Å².